The zero-order chi connectivity index (χ0) is 17.5. The van der Waals surface area contributed by atoms with Crippen molar-refractivity contribution in [3.8, 4) is 0 Å². The number of nitro groups is 1. The molecule has 0 amide bonds. The second kappa shape index (κ2) is 9.44. The summed E-state index contributed by atoms with van der Waals surface area (Å²) in [4.78, 5) is 9.84. The molecule has 0 radical (unpaired) electrons. The van der Waals surface area contributed by atoms with Crippen molar-refractivity contribution in [2.75, 3.05) is 18.4 Å². The van der Waals surface area contributed by atoms with Crippen LogP contribution < -0.4 is 10.2 Å². The number of halogens is 2. The molecule has 0 aliphatic heterocycles. The highest BCUT2D eigenvalue weighted by atomic mass is 79.9. The molecule has 0 spiro atoms. The molecule has 2 unspecified atom stereocenters. The molecule has 23 heavy (non-hydrogen) atoms. The van der Waals surface area contributed by atoms with Gasteiger partial charge in [0.1, 0.15) is 0 Å². The number of hydrogen-bond acceptors (Lipinski definition) is 4. The molecule has 1 rings (SSSR count). The number of rotatable bonds is 10. The zero-order valence-corrected chi connectivity index (χ0v) is 15.4. The molecule has 0 aliphatic carbocycles. The van der Waals surface area contributed by atoms with Crippen LogP contribution in [0.15, 0.2) is 18.2 Å². The number of benzene rings is 1. The third-order valence-electron chi connectivity index (χ3n) is 2.93. The number of alkyl halides is 1. The summed E-state index contributed by atoms with van der Waals surface area (Å²) in [6.45, 7) is 4.46. The Balaban J connectivity index is 2.89. The van der Waals surface area contributed by atoms with Gasteiger partial charge in [-0.2, -0.15) is 4.39 Å². The van der Waals surface area contributed by atoms with Gasteiger partial charge in [-0.1, -0.05) is 22.9 Å². The Kier molecular flexibility index (Phi) is 8.28. The van der Waals surface area contributed by atoms with Crippen LogP contribution in [0.2, 0.25) is 0 Å². The van der Waals surface area contributed by atoms with Gasteiger partial charge in [-0.25, -0.2) is 10.2 Å². The van der Waals surface area contributed by atoms with E-state index in [4.69, 9.17) is 4.52 Å². The van der Waals surface area contributed by atoms with Gasteiger partial charge < -0.3 is 0 Å². The van der Waals surface area contributed by atoms with Crippen molar-refractivity contribution in [3.63, 3.8) is 0 Å². The van der Waals surface area contributed by atoms with Gasteiger partial charge in [-0.05, 0) is 31.0 Å². The summed E-state index contributed by atoms with van der Waals surface area (Å²) in [5.41, 5.74) is -0.238. The molecule has 0 aliphatic rings. The lowest BCUT2D eigenvalue weighted by atomic mass is 10.1. The Morgan fingerprint density at radius 2 is 2.09 bits per heavy atom. The van der Waals surface area contributed by atoms with Crippen molar-refractivity contribution >= 4 is 29.3 Å². The number of hydrogen-bond donors (Lipinski definition) is 2. The molecule has 0 fully saturated rings. The molecule has 0 aromatic heterocycles. The number of nitro benzene ring substituents is 1. The van der Waals surface area contributed by atoms with Crippen LogP contribution in [-0.4, -0.2) is 23.3 Å². The van der Waals surface area contributed by atoms with Crippen LogP contribution in [0.4, 0.5) is 10.1 Å². The summed E-state index contributed by atoms with van der Waals surface area (Å²) in [7, 11) is -3.31. The minimum atomic E-state index is -3.31. The smallest absolute Gasteiger partial charge is 0.298 e. The van der Waals surface area contributed by atoms with Gasteiger partial charge in [0.2, 0.25) is 5.82 Å². The van der Waals surface area contributed by atoms with E-state index in [1.165, 1.54) is 6.07 Å². The summed E-state index contributed by atoms with van der Waals surface area (Å²) in [6.07, 6.45) is 0.0625. The minimum Gasteiger partial charge on any atom is -0.298 e. The first-order chi connectivity index (χ1) is 10.8. The van der Waals surface area contributed by atoms with E-state index in [1.807, 2.05) is 6.92 Å². The maximum atomic E-state index is 13.7. The molecule has 10 heteroatoms. The van der Waals surface area contributed by atoms with Gasteiger partial charge in [0.25, 0.3) is 0 Å². The summed E-state index contributed by atoms with van der Waals surface area (Å²) < 4.78 is 32.0. The predicted molar refractivity (Wildman–Crippen MR) is 90.3 cm³/mol. The first-order valence-electron chi connectivity index (χ1n) is 7.11. The van der Waals surface area contributed by atoms with Crippen LogP contribution >= 0.6 is 23.6 Å². The van der Waals surface area contributed by atoms with Crippen molar-refractivity contribution in [2.24, 2.45) is 0 Å². The Hall–Kier alpha value is -0.860. The second-order valence-electron chi connectivity index (χ2n) is 4.77. The highest BCUT2D eigenvalue weighted by Crippen LogP contribution is 2.43. The van der Waals surface area contributed by atoms with Crippen molar-refractivity contribution in [1.82, 2.24) is 10.2 Å². The average molecular weight is 412 g/mol. The molecule has 1 aromatic carbocycles. The van der Waals surface area contributed by atoms with E-state index in [0.29, 0.717) is 24.0 Å². The summed E-state index contributed by atoms with van der Waals surface area (Å²) in [6, 6.07) is 3.48. The molecule has 2 N–H and O–H groups in total. The SMILES string of the molecule is CCCNP(=O)(NCCBr)OC(C)c1ccc([N+](=O)[O-])c(F)c1. The lowest BCUT2D eigenvalue weighted by Crippen LogP contribution is -2.27. The number of nitrogens with zero attached hydrogens (tertiary/aromatic N) is 1. The van der Waals surface area contributed by atoms with Crippen LogP contribution in [0.3, 0.4) is 0 Å². The molecule has 0 heterocycles. The van der Waals surface area contributed by atoms with Crippen molar-refractivity contribution in [2.45, 2.75) is 26.4 Å². The van der Waals surface area contributed by atoms with Gasteiger partial charge in [-0.3, -0.25) is 19.2 Å². The monoisotopic (exact) mass is 411 g/mol. The Labute approximate surface area is 142 Å². The molecule has 0 bridgehead atoms. The summed E-state index contributed by atoms with van der Waals surface area (Å²) >= 11 is 3.23. The Morgan fingerprint density at radius 3 is 2.61 bits per heavy atom. The normalized spacial score (nSPS) is 15.1. The Morgan fingerprint density at radius 1 is 1.43 bits per heavy atom. The van der Waals surface area contributed by atoms with Crippen molar-refractivity contribution in [3.05, 3.63) is 39.7 Å². The van der Waals surface area contributed by atoms with Crippen LogP contribution in [0.25, 0.3) is 0 Å². The minimum absolute atomic E-state index is 0.368. The quantitative estimate of drug-likeness (QED) is 0.262. The predicted octanol–water partition coefficient (Wildman–Crippen LogP) is 3.90. The fourth-order valence-corrected chi connectivity index (χ4v) is 4.04. The maximum absolute atomic E-state index is 13.7. The fourth-order valence-electron chi connectivity index (χ4n) is 1.79. The Bertz CT molecular complexity index is 578. The van der Waals surface area contributed by atoms with E-state index in [-0.39, 0.29) is 0 Å². The van der Waals surface area contributed by atoms with E-state index in [9.17, 15) is 19.1 Å². The maximum Gasteiger partial charge on any atom is 0.341 e. The van der Waals surface area contributed by atoms with E-state index in [2.05, 4.69) is 26.1 Å². The third-order valence-corrected chi connectivity index (χ3v) is 5.22. The van der Waals surface area contributed by atoms with Crippen LogP contribution in [0.5, 0.6) is 0 Å². The summed E-state index contributed by atoms with van der Waals surface area (Å²) in [5, 5.41) is 16.8. The van der Waals surface area contributed by atoms with Crippen LogP contribution in [0, 0.1) is 15.9 Å². The third kappa shape index (κ3) is 6.27. The molecule has 7 nitrogen and oxygen atoms in total. The van der Waals surface area contributed by atoms with E-state index >= 15 is 0 Å². The van der Waals surface area contributed by atoms with Gasteiger partial charge >= 0.3 is 13.4 Å². The van der Waals surface area contributed by atoms with Crippen molar-refractivity contribution < 1.29 is 18.4 Å². The average Bonchev–Trinajstić information content (AvgIpc) is 2.50. The lowest BCUT2D eigenvalue weighted by Gasteiger charge is -2.24. The van der Waals surface area contributed by atoms with Crippen LogP contribution in [-0.2, 0) is 9.09 Å². The van der Waals surface area contributed by atoms with E-state index < -0.39 is 30.2 Å². The molecule has 0 saturated carbocycles. The second-order valence-corrected chi connectivity index (χ2v) is 7.51. The van der Waals surface area contributed by atoms with Gasteiger partial charge in [0.05, 0.1) is 11.0 Å². The largest absolute Gasteiger partial charge is 0.341 e. The highest BCUT2D eigenvalue weighted by Gasteiger charge is 2.26. The summed E-state index contributed by atoms with van der Waals surface area (Å²) in [5.74, 6) is -0.951. The standard InChI is InChI=1S/C13H20BrFN3O4P/c1-3-7-16-23(21,17-8-6-14)22-10(2)11-4-5-13(18(19)20)12(15)9-11/h4-5,9-10H,3,6-8H2,1-2H3,(H2,16,17,21). The van der Waals surface area contributed by atoms with Gasteiger partial charge in [-0.15, -0.1) is 0 Å². The zero-order valence-electron chi connectivity index (χ0n) is 12.9. The van der Waals surface area contributed by atoms with Crippen LogP contribution in [0.1, 0.15) is 31.9 Å². The highest BCUT2D eigenvalue weighted by molar-refractivity contribution is 9.09. The molecule has 130 valence electrons. The molecule has 2 atom stereocenters. The van der Waals surface area contributed by atoms with E-state index in [1.54, 1.807) is 6.92 Å². The molecule has 1 aromatic rings. The molecule has 0 saturated heterocycles. The van der Waals surface area contributed by atoms with E-state index in [0.717, 1.165) is 18.6 Å². The number of nitrogens with one attached hydrogen (secondary N) is 2. The molecular weight excluding hydrogens is 392 g/mol. The fraction of sp³-hybridized carbons (Fsp3) is 0.538. The lowest BCUT2D eigenvalue weighted by molar-refractivity contribution is -0.387. The molecular formula is C13H20BrFN3O4P. The first-order valence-corrected chi connectivity index (χ1v) is 9.86. The van der Waals surface area contributed by atoms with Crippen molar-refractivity contribution in [1.29, 1.82) is 0 Å². The first kappa shape index (κ1) is 20.2. The van der Waals surface area contributed by atoms with Gasteiger partial charge in [0.15, 0.2) is 0 Å². The van der Waals surface area contributed by atoms with Gasteiger partial charge in [0, 0.05) is 24.5 Å². The topological polar surface area (TPSA) is 93.5 Å².